The number of anilines is 1. The van der Waals surface area contributed by atoms with E-state index in [2.05, 4.69) is 4.98 Å². The van der Waals surface area contributed by atoms with Crippen LogP contribution in [0.4, 0.5) is 10.7 Å². The number of hydrogen-bond acceptors (Lipinski definition) is 9. The van der Waals surface area contributed by atoms with Crippen LogP contribution in [-0.2, 0) is 20.8 Å². The highest BCUT2D eigenvalue weighted by atomic mass is 16.7. The quantitative estimate of drug-likeness (QED) is 0.326. The molecule has 12 heteroatoms. The molecule has 2 atom stereocenters. The van der Waals surface area contributed by atoms with Crippen molar-refractivity contribution in [3.05, 3.63) is 64.3 Å². The highest BCUT2D eigenvalue weighted by Gasteiger charge is 2.39. The molecule has 0 unspecified atom stereocenters. The number of nitrogens with zero attached hydrogens (tertiary/aromatic N) is 6. The third-order valence-corrected chi connectivity index (χ3v) is 6.98. The number of fused-ring (bicyclic) bond motifs is 1. The molecule has 0 saturated carbocycles. The van der Waals surface area contributed by atoms with Crippen LogP contribution < -0.4 is 11.4 Å². The Bertz CT molecular complexity index is 1640. The van der Waals surface area contributed by atoms with E-state index in [4.69, 9.17) is 30.0 Å². The minimum atomic E-state index is -0.684. The number of ether oxygens (including phenoxy) is 3. The van der Waals surface area contributed by atoms with Crippen LogP contribution in [0.3, 0.4) is 0 Å². The van der Waals surface area contributed by atoms with Crippen LogP contribution in [0.2, 0.25) is 0 Å². The van der Waals surface area contributed by atoms with E-state index >= 15 is 0 Å². The Hall–Kier alpha value is -4.29. The summed E-state index contributed by atoms with van der Waals surface area (Å²) in [5.41, 5.74) is 10.2. The van der Waals surface area contributed by atoms with Crippen LogP contribution >= 0.6 is 0 Å². The standard InChI is InChI=1S/C30H37N7O5/c1-18-12-21(13-19(2)32-18)24-25(20-10-8-7-9-11-20)33-27(31)37-26(24)34-36(28(37)38)15-22-14-23(41-17-40-6)16-35(22)29(39)42-30(3,4)5/h7-13,22-23H,14-17H2,1-6H3,(H2,31,33)/t22-,23-/m0/s1. The van der Waals surface area contributed by atoms with Gasteiger partial charge in [0.1, 0.15) is 12.4 Å². The third kappa shape index (κ3) is 6.00. The summed E-state index contributed by atoms with van der Waals surface area (Å²) in [6.45, 7) is 9.77. The number of methoxy groups -OCH3 is 1. The molecule has 0 spiro atoms. The van der Waals surface area contributed by atoms with E-state index in [1.54, 1.807) is 12.0 Å². The number of nitrogens with two attached hydrogens (primary N) is 1. The molecule has 1 saturated heterocycles. The fourth-order valence-electron chi connectivity index (χ4n) is 5.35. The Morgan fingerprint density at radius 2 is 1.76 bits per heavy atom. The highest BCUT2D eigenvalue weighted by Crippen LogP contribution is 2.35. The van der Waals surface area contributed by atoms with Crippen LogP contribution in [-0.4, -0.2) is 73.3 Å². The molecule has 1 aromatic carbocycles. The van der Waals surface area contributed by atoms with Gasteiger partial charge in [-0.1, -0.05) is 30.3 Å². The van der Waals surface area contributed by atoms with Crippen LogP contribution in [0.15, 0.2) is 47.3 Å². The number of aryl methyl sites for hydroxylation is 2. The Labute approximate surface area is 244 Å². The first-order valence-electron chi connectivity index (χ1n) is 13.9. The summed E-state index contributed by atoms with van der Waals surface area (Å²) in [4.78, 5) is 37.8. The van der Waals surface area contributed by atoms with Crippen molar-refractivity contribution in [3.8, 4) is 22.4 Å². The molecule has 0 radical (unpaired) electrons. The first kappa shape index (κ1) is 29.2. The monoisotopic (exact) mass is 575 g/mol. The van der Waals surface area contributed by atoms with E-state index < -0.39 is 23.4 Å². The number of amides is 1. The van der Waals surface area contributed by atoms with E-state index in [0.29, 0.717) is 29.9 Å². The Morgan fingerprint density at radius 3 is 2.40 bits per heavy atom. The molecule has 0 aliphatic carbocycles. The van der Waals surface area contributed by atoms with Crippen LogP contribution in [0, 0.1) is 13.8 Å². The van der Waals surface area contributed by atoms with Crippen molar-refractivity contribution in [1.29, 1.82) is 0 Å². The van der Waals surface area contributed by atoms with Crippen LogP contribution in [0.25, 0.3) is 28.0 Å². The summed E-state index contributed by atoms with van der Waals surface area (Å²) in [7, 11) is 1.54. The Kier molecular flexibility index (Phi) is 8.02. The molecule has 4 aromatic rings. The van der Waals surface area contributed by atoms with Gasteiger partial charge < -0.3 is 24.8 Å². The number of benzene rings is 1. The number of hydrogen-bond donors (Lipinski definition) is 1. The number of carbonyl (C=O) groups is 1. The maximum atomic E-state index is 13.8. The molecule has 5 rings (SSSR count). The lowest BCUT2D eigenvalue weighted by atomic mass is 9.99. The van der Waals surface area contributed by atoms with Crippen molar-refractivity contribution in [2.24, 2.45) is 0 Å². The lowest BCUT2D eigenvalue weighted by Gasteiger charge is -2.28. The lowest BCUT2D eigenvalue weighted by Crippen LogP contribution is -2.43. The number of likely N-dealkylation sites (tertiary alicyclic amines) is 1. The summed E-state index contributed by atoms with van der Waals surface area (Å²) in [5, 5.41) is 4.80. The van der Waals surface area contributed by atoms with Crippen molar-refractivity contribution in [1.82, 2.24) is 29.0 Å². The average molecular weight is 576 g/mol. The van der Waals surface area contributed by atoms with Gasteiger partial charge in [-0.25, -0.2) is 23.7 Å². The largest absolute Gasteiger partial charge is 0.444 e. The normalized spacial score (nSPS) is 17.2. The molecule has 0 bridgehead atoms. The second kappa shape index (κ2) is 11.5. The van der Waals surface area contributed by atoms with Gasteiger partial charge in [0.25, 0.3) is 0 Å². The van der Waals surface area contributed by atoms with Gasteiger partial charge >= 0.3 is 11.8 Å². The fraction of sp³-hybridized carbons (Fsp3) is 0.433. The number of nitrogen functional groups attached to an aromatic ring is 1. The smallest absolute Gasteiger partial charge is 0.410 e. The van der Waals surface area contributed by atoms with E-state index in [0.717, 1.165) is 22.5 Å². The molecule has 1 aliphatic heterocycles. The first-order chi connectivity index (χ1) is 19.9. The zero-order chi connectivity index (χ0) is 30.2. The second-order valence-corrected chi connectivity index (χ2v) is 11.5. The van der Waals surface area contributed by atoms with E-state index in [9.17, 15) is 9.59 Å². The maximum Gasteiger partial charge on any atom is 0.410 e. The second-order valence-electron chi connectivity index (χ2n) is 11.5. The van der Waals surface area contributed by atoms with Gasteiger partial charge in [-0.2, -0.15) is 0 Å². The molecular formula is C30H37N7O5. The zero-order valence-corrected chi connectivity index (χ0v) is 24.8. The van der Waals surface area contributed by atoms with E-state index in [1.165, 1.54) is 9.08 Å². The van der Waals surface area contributed by atoms with Gasteiger partial charge in [0.15, 0.2) is 5.65 Å². The Morgan fingerprint density at radius 1 is 1.07 bits per heavy atom. The number of pyridine rings is 1. The molecule has 1 amide bonds. The summed E-state index contributed by atoms with van der Waals surface area (Å²) >= 11 is 0. The summed E-state index contributed by atoms with van der Waals surface area (Å²) in [6.07, 6.45) is -0.296. The van der Waals surface area contributed by atoms with Crippen molar-refractivity contribution in [3.63, 3.8) is 0 Å². The predicted molar refractivity (Wildman–Crippen MR) is 158 cm³/mol. The SMILES string of the molecule is COCO[C@H]1C[C@@H](Cn2nc3c(-c4cc(C)nc(C)c4)c(-c4ccccc4)nc(N)n3c2=O)N(C(=O)OC(C)(C)C)C1. The summed E-state index contributed by atoms with van der Waals surface area (Å²) < 4.78 is 19.2. The molecule has 12 nitrogen and oxygen atoms in total. The van der Waals surface area contributed by atoms with Crippen molar-refractivity contribution in [2.45, 2.75) is 65.3 Å². The topological polar surface area (TPSA) is 139 Å². The van der Waals surface area contributed by atoms with Gasteiger partial charge in [0, 0.05) is 24.1 Å². The predicted octanol–water partition coefficient (Wildman–Crippen LogP) is 3.82. The van der Waals surface area contributed by atoms with Gasteiger partial charge in [-0.3, -0.25) is 4.98 Å². The van der Waals surface area contributed by atoms with E-state index in [-0.39, 0.29) is 25.4 Å². The Balaban J connectivity index is 1.63. The number of aromatic nitrogens is 5. The van der Waals surface area contributed by atoms with E-state index in [1.807, 2.05) is 77.1 Å². The number of rotatable bonds is 7. The maximum absolute atomic E-state index is 13.8. The zero-order valence-electron chi connectivity index (χ0n) is 24.8. The van der Waals surface area contributed by atoms with Gasteiger partial charge in [0.05, 0.1) is 36.5 Å². The molecule has 2 N–H and O–H groups in total. The third-order valence-electron chi connectivity index (χ3n) is 6.98. The number of carbonyl (C=O) groups excluding carboxylic acids is 1. The van der Waals surface area contributed by atoms with Crippen molar-refractivity contribution >= 4 is 17.7 Å². The molecule has 4 heterocycles. The van der Waals surface area contributed by atoms with Gasteiger partial charge in [0.2, 0.25) is 5.95 Å². The van der Waals surface area contributed by atoms with Crippen molar-refractivity contribution < 1.29 is 19.0 Å². The summed E-state index contributed by atoms with van der Waals surface area (Å²) in [6, 6.07) is 13.1. The minimum Gasteiger partial charge on any atom is -0.444 e. The van der Waals surface area contributed by atoms with Crippen LogP contribution in [0.1, 0.15) is 38.6 Å². The molecular weight excluding hydrogens is 538 g/mol. The summed E-state index contributed by atoms with van der Waals surface area (Å²) in [5.74, 6) is 0.0167. The molecule has 1 aliphatic rings. The molecule has 42 heavy (non-hydrogen) atoms. The molecule has 222 valence electrons. The average Bonchev–Trinajstić information content (AvgIpc) is 3.47. The molecule has 3 aromatic heterocycles. The fourth-order valence-corrected chi connectivity index (χ4v) is 5.35. The van der Waals surface area contributed by atoms with Crippen molar-refractivity contribution in [2.75, 3.05) is 26.2 Å². The minimum absolute atomic E-state index is 0.0167. The lowest BCUT2D eigenvalue weighted by molar-refractivity contribution is -0.0676. The molecule has 1 fully saturated rings. The highest BCUT2D eigenvalue weighted by molar-refractivity contribution is 5.90. The van der Waals surface area contributed by atoms with Crippen LogP contribution in [0.5, 0.6) is 0 Å². The van der Waals surface area contributed by atoms with Gasteiger partial charge in [-0.05, 0) is 58.7 Å². The van der Waals surface area contributed by atoms with Gasteiger partial charge in [-0.15, -0.1) is 5.10 Å². The first-order valence-corrected chi connectivity index (χ1v) is 13.9.